The number of aliphatic hydroxyl groups is 1. The number of hydrogen-bond donors (Lipinski definition) is 1. The Bertz CT molecular complexity index is 1160. The van der Waals surface area contributed by atoms with E-state index in [1.54, 1.807) is 31.9 Å². The summed E-state index contributed by atoms with van der Waals surface area (Å²) >= 11 is 0. The predicted octanol–water partition coefficient (Wildman–Crippen LogP) is 2.12. The number of benzene rings is 1. The number of pyridine rings is 1. The molecule has 1 unspecified atom stereocenters. The van der Waals surface area contributed by atoms with E-state index >= 15 is 0 Å². The zero-order valence-corrected chi connectivity index (χ0v) is 18.4. The molecule has 1 atom stereocenters. The summed E-state index contributed by atoms with van der Waals surface area (Å²) in [6.07, 6.45) is -0.490. The summed E-state index contributed by atoms with van der Waals surface area (Å²) in [5.41, 5.74) is 2.28. The molecule has 32 heavy (non-hydrogen) atoms. The lowest BCUT2D eigenvalue weighted by molar-refractivity contribution is -0.0256. The second-order valence-electron chi connectivity index (χ2n) is 7.82. The Morgan fingerprint density at radius 3 is 2.75 bits per heavy atom. The van der Waals surface area contributed by atoms with Crippen molar-refractivity contribution in [3.05, 3.63) is 58.9 Å². The van der Waals surface area contributed by atoms with Crippen LogP contribution in [0.15, 0.2) is 34.7 Å². The van der Waals surface area contributed by atoms with Crippen LogP contribution in [0.4, 0.5) is 0 Å². The van der Waals surface area contributed by atoms with Crippen LogP contribution >= 0.6 is 0 Å². The number of nitrogens with zero attached hydrogens (tertiary/aromatic N) is 4. The molecule has 9 nitrogen and oxygen atoms in total. The largest absolute Gasteiger partial charge is 0.436 e. The van der Waals surface area contributed by atoms with Crippen LogP contribution in [0.25, 0.3) is 10.9 Å². The maximum absolute atomic E-state index is 13.0. The highest BCUT2D eigenvalue weighted by Crippen LogP contribution is 2.27. The summed E-state index contributed by atoms with van der Waals surface area (Å²) < 4.78 is 11.4. The summed E-state index contributed by atoms with van der Waals surface area (Å²) in [7, 11) is 1.65. The van der Waals surface area contributed by atoms with Crippen molar-refractivity contribution in [1.29, 1.82) is 0 Å². The van der Waals surface area contributed by atoms with Gasteiger partial charge < -0.3 is 24.1 Å². The normalized spacial score (nSPS) is 16.4. The number of carbonyl (C=O) groups is 2. The van der Waals surface area contributed by atoms with Gasteiger partial charge in [-0.1, -0.05) is 18.2 Å². The second kappa shape index (κ2) is 9.05. The minimum atomic E-state index is -0.490. The molecule has 3 aromatic rings. The lowest BCUT2D eigenvalue weighted by Gasteiger charge is -2.32. The minimum Gasteiger partial charge on any atom is -0.436 e. The molecule has 1 aliphatic heterocycles. The molecule has 0 spiro atoms. The van der Waals surface area contributed by atoms with Gasteiger partial charge >= 0.3 is 0 Å². The van der Waals surface area contributed by atoms with Crippen LogP contribution in [0.3, 0.4) is 0 Å². The van der Waals surface area contributed by atoms with Gasteiger partial charge in [-0.2, -0.15) is 0 Å². The number of aryl methyl sites for hydroxylation is 2. The molecular weight excluding hydrogens is 412 g/mol. The van der Waals surface area contributed by atoms with Gasteiger partial charge in [0.25, 0.3) is 11.8 Å². The third-order valence-corrected chi connectivity index (χ3v) is 5.53. The van der Waals surface area contributed by atoms with Crippen molar-refractivity contribution in [2.24, 2.45) is 0 Å². The van der Waals surface area contributed by atoms with Gasteiger partial charge in [0.15, 0.2) is 5.89 Å². The molecule has 0 aliphatic carbocycles. The SMILES string of the molecule is Cc1nc(C)c(C(=O)N2CCOC(c3cc(C(=O)N(C)CCO)c4ccccc4n3)C2)o1. The molecule has 3 heterocycles. The standard InChI is InChI=1S/C23H26N4O5/c1-14-21(32-15(2)24-14)23(30)27-9-11-31-20(13-27)19-12-17(22(29)26(3)8-10-28)16-6-4-5-7-18(16)25-19/h4-7,12,20,28H,8-11,13H2,1-3H3. The summed E-state index contributed by atoms with van der Waals surface area (Å²) in [4.78, 5) is 38.1. The van der Waals surface area contributed by atoms with Gasteiger partial charge in [-0.05, 0) is 19.1 Å². The van der Waals surface area contributed by atoms with E-state index in [9.17, 15) is 14.7 Å². The first-order chi connectivity index (χ1) is 15.4. The smallest absolute Gasteiger partial charge is 0.291 e. The van der Waals surface area contributed by atoms with Crippen LogP contribution in [0.5, 0.6) is 0 Å². The molecule has 1 N–H and O–H groups in total. The van der Waals surface area contributed by atoms with E-state index < -0.39 is 6.10 Å². The third kappa shape index (κ3) is 4.21. The Kier molecular flexibility index (Phi) is 6.20. The number of aromatic nitrogens is 2. The minimum absolute atomic E-state index is 0.124. The molecule has 0 saturated carbocycles. The quantitative estimate of drug-likeness (QED) is 0.650. The second-order valence-corrected chi connectivity index (χ2v) is 7.82. The summed E-state index contributed by atoms with van der Waals surface area (Å²) in [6.45, 7) is 4.59. The van der Waals surface area contributed by atoms with E-state index in [1.807, 2.05) is 24.3 Å². The first kappa shape index (κ1) is 21.9. The van der Waals surface area contributed by atoms with E-state index in [0.717, 1.165) is 5.39 Å². The summed E-state index contributed by atoms with van der Waals surface area (Å²) in [5.74, 6) is 0.227. The lowest BCUT2D eigenvalue weighted by atomic mass is 10.0. The van der Waals surface area contributed by atoms with Crippen molar-refractivity contribution in [2.75, 3.05) is 39.9 Å². The average Bonchev–Trinajstić information content (AvgIpc) is 3.15. The first-order valence-corrected chi connectivity index (χ1v) is 10.5. The number of amides is 2. The fourth-order valence-electron chi connectivity index (χ4n) is 3.88. The Morgan fingerprint density at radius 2 is 2.03 bits per heavy atom. The van der Waals surface area contributed by atoms with Crippen molar-refractivity contribution in [3.63, 3.8) is 0 Å². The first-order valence-electron chi connectivity index (χ1n) is 10.5. The highest BCUT2D eigenvalue weighted by molar-refractivity contribution is 6.06. The van der Waals surface area contributed by atoms with Crippen LogP contribution in [0.2, 0.25) is 0 Å². The molecule has 4 rings (SSSR count). The third-order valence-electron chi connectivity index (χ3n) is 5.53. The van der Waals surface area contributed by atoms with E-state index in [1.165, 1.54) is 4.90 Å². The Morgan fingerprint density at radius 1 is 1.25 bits per heavy atom. The number of para-hydroxylation sites is 1. The van der Waals surface area contributed by atoms with Crippen LogP contribution in [-0.2, 0) is 4.74 Å². The molecular formula is C23H26N4O5. The molecule has 2 aromatic heterocycles. The van der Waals surface area contributed by atoms with Crippen LogP contribution < -0.4 is 0 Å². The van der Waals surface area contributed by atoms with E-state index in [0.29, 0.717) is 41.5 Å². The van der Waals surface area contributed by atoms with Gasteiger partial charge in [0.05, 0.1) is 42.2 Å². The molecule has 0 bridgehead atoms. The fourth-order valence-corrected chi connectivity index (χ4v) is 3.88. The van der Waals surface area contributed by atoms with Crippen molar-refractivity contribution >= 4 is 22.7 Å². The van der Waals surface area contributed by atoms with E-state index in [4.69, 9.17) is 14.1 Å². The average molecular weight is 438 g/mol. The van der Waals surface area contributed by atoms with Crippen molar-refractivity contribution in [2.45, 2.75) is 20.0 Å². The number of aliphatic hydroxyl groups excluding tert-OH is 1. The highest BCUT2D eigenvalue weighted by atomic mass is 16.5. The van der Waals surface area contributed by atoms with E-state index in [2.05, 4.69) is 4.98 Å². The van der Waals surface area contributed by atoms with Gasteiger partial charge in [0, 0.05) is 32.4 Å². The van der Waals surface area contributed by atoms with Gasteiger partial charge in [-0.3, -0.25) is 9.59 Å². The van der Waals surface area contributed by atoms with E-state index in [-0.39, 0.29) is 37.3 Å². The molecule has 1 fully saturated rings. The molecule has 1 aromatic carbocycles. The lowest BCUT2D eigenvalue weighted by Crippen LogP contribution is -2.42. The number of oxazole rings is 1. The molecule has 1 saturated heterocycles. The molecule has 9 heteroatoms. The Labute approximate surface area is 185 Å². The fraction of sp³-hybridized carbons (Fsp3) is 0.391. The predicted molar refractivity (Wildman–Crippen MR) is 116 cm³/mol. The van der Waals surface area contributed by atoms with Gasteiger partial charge in [-0.25, -0.2) is 9.97 Å². The zero-order chi connectivity index (χ0) is 22.8. The number of carbonyl (C=O) groups excluding carboxylic acids is 2. The van der Waals surface area contributed by atoms with Crippen LogP contribution in [-0.4, -0.2) is 76.6 Å². The van der Waals surface area contributed by atoms with Crippen LogP contribution in [0, 0.1) is 13.8 Å². The van der Waals surface area contributed by atoms with Crippen molar-refractivity contribution in [3.8, 4) is 0 Å². The maximum atomic E-state index is 13.0. The number of ether oxygens (including phenoxy) is 1. The maximum Gasteiger partial charge on any atom is 0.291 e. The van der Waals surface area contributed by atoms with Gasteiger partial charge in [0.2, 0.25) is 5.76 Å². The molecule has 0 radical (unpaired) electrons. The summed E-state index contributed by atoms with van der Waals surface area (Å²) in [6, 6.07) is 9.12. The number of likely N-dealkylation sites (N-methyl/N-ethyl adjacent to an activating group) is 1. The zero-order valence-electron chi connectivity index (χ0n) is 18.4. The molecule has 2 amide bonds. The number of fused-ring (bicyclic) bond motifs is 1. The number of morpholine rings is 1. The van der Waals surface area contributed by atoms with Crippen molar-refractivity contribution < 1.29 is 23.8 Å². The van der Waals surface area contributed by atoms with Crippen molar-refractivity contribution in [1.82, 2.24) is 19.8 Å². The molecule has 168 valence electrons. The highest BCUT2D eigenvalue weighted by Gasteiger charge is 2.31. The van der Waals surface area contributed by atoms with Crippen LogP contribution in [0.1, 0.15) is 44.3 Å². The Hall–Kier alpha value is -3.30. The summed E-state index contributed by atoms with van der Waals surface area (Å²) in [5, 5.41) is 9.95. The van der Waals surface area contributed by atoms with Gasteiger partial charge in [-0.15, -0.1) is 0 Å². The topological polar surface area (TPSA) is 109 Å². The number of rotatable bonds is 5. The molecule has 1 aliphatic rings. The number of hydrogen-bond acceptors (Lipinski definition) is 7. The Balaban J connectivity index is 1.66. The van der Waals surface area contributed by atoms with Gasteiger partial charge in [0.1, 0.15) is 6.10 Å². The monoisotopic (exact) mass is 438 g/mol.